The molecule has 1 aromatic carbocycles. The van der Waals surface area contributed by atoms with Crippen molar-refractivity contribution in [1.29, 1.82) is 0 Å². The summed E-state index contributed by atoms with van der Waals surface area (Å²) < 4.78 is 32.5. The number of carbonyl (C=O) groups is 1. The Labute approximate surface area is 151 Å². The number of thiophene rings is 1. The van der Waals surface area contributed by atoms with Gasteiger partial charge in [-0.15, -0.1) is 11.3 Å². The van der Waals surface area contributed by atoms with Crippen LogP contribution in [-0.4, -0.2) is 55.8 Å². The number of nitrogens with zero attached hydrogens (tertiary/aromatic N) is 2. The quantitative estimate of drug-likeness (QED) is 0.796. The van der Waals surface area contributed by atoms with Crippen molar-refractivity contribution in [3.8, 4) is 5.75 Å². The summed E-state index contributed by atoms with van der Waals surface area (Å²) in [6.45, 7) is 3.04. The van der Waals surface area contributed by atoms with E-state index in [-0.39, 0.29) is 5.91 Å². The van der Waals surface area contributed by atoms with Gasteiger partial charge in [-0.3, -0.25) is 4.79 Å². The van der Waals surface area contributed by atoms with Crippen molar-refractivity contribution in [2.75, 3.05) is 26.2 Å². The van der Waals surface area contributed by atoms with Gasteiger partial charge in [0.15, 0.2) is 6.10 Å². The second-order valence-corrected chi connectivity index (χ2v) is 8.85. The lowest BCUT2D eigenvalue weighted by atomic mass is 10.3. The maximum Gasteiger partial charge on any atom is 0.263 e. The van der Waals surface area contributed by atoms with E-state index in [1.807, 2.05) is 18.2 Å². The molecule has 3 rings (SSSR count). The molecule has 0 spiro atoms. The van der Waals surface area contributed by atoms with Crippen molar-refractivity contribution in [2.24, 2.45) is 0 Å². The Morgan fingerprint density at radius 3 is 2.36 bits per heavy atom. The molecular formula is C17H20N2O4S2. The molecule has 1 aliphatic heterocycles. The number of ether oxygens (including phenoxy) is 1. The lowest BCUT2D eigenvalue weighted by Crippen LogP contribution is -2.53. The summed E-state index contributed by atoms with van der Waals surface area (Å²) in [4.78, 5) is 14.2. The van der Waals surface area contributed by atoms with Crippen LogP contribution in [0.25, 0.3) is 0 Å². The van der Waals surface area contributed by atoms with E-state index in [4.69, 9.17) is 4.74 Å². The minimum Gasteiger partial charge on any atom is -0.481 e. The number of carbonyl (C=O) groups excluding carboxylic acids is 1. The molecule has 6 nitrogen and oxygen atoms in total. The van der Waals surface area contributed by atoms with Gasteiger partial charge in [0, 0.05) is 26.2 Å². The van der Waals surface area contributed by atoms with Crippen molar-refractivity contribution in [3.05, 3.63) is 47.8 Å². The van der Waals surface area contributed by atoms with Gasteiger partial charge in [0.05, 0.1) is 0 Å². The number of hydrogen-bond donors (Lipinski definition) is 0. The van der Waals surface area contributed by atoms with Crippen molar-refractivity contribution in [1.82, 2.24) is 9.21 Å². The summed E-state index contributed by atoms with van der Waals surface area (Å²) in [5.41, 5.74) is 0. The third-order valence-corrected chi connectivity index (χ3v) is 7.32. The Hall–Kier alpha value is -1.90. The van der Waals surface area contributed by atoms with Crippen LogP contribution in [0.5, 0.6) is 5.75 Å². The molecule has 1 aromatic heterocycles. The second-order valence-electron chi connectivity index (χ2n) is 5.73. The first-order valence-corrected chi connectivity index (χ1v) is 10.3. The monoisotopic (exact) mass is 380 g/mol. The highest BCUT2D eigenvalue weighted by Gasteiger charge is 2.32. The van der Waals surface area contributed by atoms with Crippen LogP contribution in [-0.2, 0) is 14.8 Å². The summed E-state index contributed by atoms with van der Waals surface area (Å²) >= 11 is 1.21. The summed E-state index contributed by atoms with van der Waals surface area (Å²) in [6.07, 6.45) is -0.608. The molecular weight excluding hydrogens is 360 g/mol. The minimum absolute atomic E-state index is 0.128. The molecule has 0 N–H and O–H groups in total. The number of hydrogen-bond acceptors (Lipinski definition) is 5. The van der Waals surface area contributed by atoms with Crippen LogP contribution in [0.3, 0.4) is 0 Å². The summed E-state index contributed by atoms with van der Waals surface area (Å²) in [5, 5.41) is 1.75. The first-order chi connectivity index (χ1) is 12.0. The number of para-hydroxylation sites is 1. The summed E-state index contributed by atoms with van der Waals surface area (Å²) in [5.74, 6) is 0.513. The number of piperazine rings is 1. The van der Waals surface area contributed by atoms with Crippen LogP contribution in [0, 0.1) is 0 Å². The third kappa shape index (κ3) is 4.02. The number of amides is 1. The Morgan fingerprint density at radius 1 is 1.08 bits per heavy atom. The largest absolute Gasteiger partial charge is 0.481 e. The number of sulfonamides is 1. The van der Waals surface area contributed by atoms with Gasteiger partial charge in [-0.2, -0.15) is 4.31 Å². The molecule has 1 amide bonds. The number of benzene rings is 1. The van der Waals surface area contributed by atoms with E-state index in [1.165, 1.54) is 15.6 Å². The molecule has 0 bridgehead atoms. The molecule has 2 aromatic rings. The predicted molar refractivity (Wildman–Crippen MR) is 96.2 cm³/mol. The van der Waals surface area contributed by atoms with E-state index >= 15 is 0 Å². The average Bonchev–Trinajstić information content (AvgIpc) is 3.17. The lowest BCUT2D eigenvalue weighted by molar-refractivity contribution is -0.139. The van der Waals surface area contributed by atoms with E-state index < -0.39 is 16.1 Å². The zero-order valence-electron chi connectivity index (χ0n) is 13.9. The first kappa shape index (κ1) is 17.9. The lowest BCUT2D eigenvalue weighted by Gasteiger charge is -2.34. The fourth-order valence-electron chi connectivity index (χ4n) is 2.70. The molecule has 0 saturated carbocycles. The molecule has 1 saturated heterocycles. The zero-order valence-corrected chi connectivity index (χ0v) is 15.5. The highest BCUT2D eigenvalue weighted by atomic mass is 32.2. The van der Waals surface area contributed by atoms with Gasteiger partial charge in [0.1, 0.15) is 9.96 Å². The second kappa shape index (κ2) is 7.55. The van der Waals surface area contributed by atoms with Gasteiger partial charge in [0.25, 0.3) is 15.9 Å². The van der Waals surface area contributed by atoms with Crippen LogP contribution in [0.4, 0.5) is 0 Å². The predicted octanol–water partition coefficient (Wildman–Crippen LogP) is 2.05. The van der Waals surface area contributed by atoms with Crippen LogP contribution >= 0.6 is 11.3 Å². The van der Waals surface area contributed by atoms with E-state index in [2.05, 4.69) is 0 Å². The molecule has 2 heterocycles. The van der Waals surface area contributed by atoms with E-state index in [0.29, 0.717) is 36.1 Å². The Bertz CT molecular complexity index is 798. The fraction of sp³-hybridized carbons (Fsp3) is 0.353. The van der Waals surface area contributed by atoms with Crippen LogP contribution in [0.2, 0.25) is 0 Å². The topological polar surface area (TPSA) is 66.9 Å². The van der Waals surface area contributed by atoms with Gasteiger partial charge in [0.2, 0.25) is 0 Å². The summed E-state index contributed by atoms with van der Waals surface area (Å²) in [6, 6.07) is 12.5. The Balaban J connectivity index is 1.57. The number of rotatable bonds is 5. The maximum atomic E-state index is 12.5. The van der Waals surface area contributed by atoms with E-state index in [1.54, 1.807) is 41.5 Å². The van der Waals surface area contributed by atoms with E-state index in [9.17, 15) is 13.2 Å². The van der Waals surface area contributed by atoms with Crippen LogP contribution in [0.15, 0.2) is 52.1 Å². The van der Waals surface area contributed by atoms with Gasteiger partial charge >= 0.3 is 0 Å². The van der Waals surface area contributed by atoms with Crippen molar-refractivity contribution < 1.29 is 17.9 Å². The smallest absolute Gasteiger partial charge is 0.263 e. The first-order valence-electron chi connectivity index (χ1n) is 8.02. The zero-order chi connectivity index (χ0) is 17.9. The minimum atomic E-state index is -3.45. The Kier molecular flexibility index (Phi) is 5.41. The van der Waals surface area contributed by atoms with Crippen LogP contribution in [0.1, 0.15) is 6.92 Å². The Morgan fingerprint density at radius 2 is 1.76 bits per heavy atom. The van der Waals surface area contributed by atoms with Gasteiger partial charge in [-0.05, 0) is 30.5 Å². The molecule has 1 fully saturated rings. The van der Waals surface area contributed by atoms with Crippen LogP contribution < -0.4 is 4.74 Å². The molecule has 25 heavy (non-hydrogen) atoms. The molecule has 0 aliphatic carbocycles. The molecule has 1 unspecified atom stereocenters. The normalized spacial score (nSPS) is 17.2. The highest BCUT2D eigenvalue weighted by Crippen LogP contribution is 2.22. The SMILES string of the molecule is CC(Oc1ccccc1)C(=O)N1CCN(S(=O)(=O)c2cccs2)CC1. The van der Waals surface area contributed by atoms with E-state index in [0.717, 1.165) is 0 Å². The maximum absolute atomic E-state index is 12.5. The standard InChI is InChI=1S/C17H20N2O4S2/c1-14(23-15-6-3-2-4-7-15)17(20)18-9-11-19(12-10-18)25(21,22)16-8-5-13-24-16/h2-8,13-14H,9-12H2,1H3. The van der Waals surface area contributed by atoms with Crippen molar-refractivity contribution >= 4 is 27.3 Å². The van der Waals surface area contributed by atoms with Gasteiger partial charge < -0.3 is 9.64 Å². The summed E-state index contributed by atoms with van der Waals surface area (Å²) in [7, 11) is -3.45. The van der Waals surface area contributed by atoms with Crippen molar-refractivity contribution in [2.45, 2.75) is 17.2 Å². The molecule has 1 atom stereocenters. The third-order valence-electron chi connectivity index (χ3n) is 4.04. The van der Waals surface area contributed by atoms with Crippen molar-refractivity contribution in [3.63, 3.8) is 0 Å². The molecule has 134 valence electrons. The highest BCUT2D eigenvalue weighted by molar-refractivity contribution is 7.91. The fourth-order valence-corrected chi connectivity index (χ4v) is 5.26. The average molecular weight is 380 g/mol. The van der Waals surface area contributed by atoms with Gasteiger partial charge in [-0.25, -0.2) is 8.42 Å². The van der Waals surface area contributed by atoms with Gasteiger partial charge in [-0.1, -0.05) is 24.3 Å². The molecule has 8 heteroatoms. The molecule has 1 aliphatic rings. The molecule has 0 radical (unpaired) electrons.